The van der Waals surface area contributed by atoms with Gasteiger partial charge in [-0.1, -0.05) is 0 Å². The first-order chi connectivity index (χ1) is 18.0. The Bertz CT molecular complexity index is 1400. The molecule has 3 heterocycles. The molecule has 13 heteroatoms. The number of aliphatic hydroxyl groups excluding tert-OH is 6. The molecule has 38 heavy (non-hydrogen) atoms. The molecule has 0 amide bonds. The lowest BCUT2D eigenvalue weighted by Gasteiger charge is -2.38. The molecule has 13 nitrogen and oxygen atoms in total. The van der Waals surface area contributed by atoms with Gasteiger partial charge in [-0.25, -0.2) is 0 Å². The first-order valence-electron chi connectivity index (χ1n) is 11.7. The summed E-state index contributed by atoms with van der Waals surface area (Å²) in [5.41, 5.74) is -1.86. The van der Waals surface area contributed by atoms with Crippen molar-refractivity contribution in [3.05, 3.63) is 51.7 Å². The number of aromatic hydroxyl groups is 3. The van der Waals surface area contributed by atoms with E-state index < -0.39 is 101 Å². The van der Waals surface area contributed by atoms with E-state index in [0.29, 0.717) is 5.56 Å². The molecule has 2 aliphatic rings. The number of phenols is 3. The third-order valence-electron chi connectivity index (χ3n) is 6.92. The third-order valence-corrected chi connectivity index (χ3v) is 6.92. The Hall–Kier alpha value is -3.27. The Morgan fingerprint density at radius 2 is 1.21 bits per heavy atom. The van der Waals surface area contributed by atoms with Gasteiger partial charge in [0.15, 0.2) is 11.0 Å². The molecule has 9 N–H and O–H groups in total. The lowest BCUT2D eigenvalue weighted by molar-refractivity contribution is -0.191. The van der Waals surface area contributed by atoms with Crippen LogP contribution < -0.4 is 5.43 Å². The predicted molar refractivity (Wildman–Crippen MR) is 126 cm³/mol. The maximum Gasteiger partial charge on any atom is 0.197 e. The van der Waals surface area contributed by atoms with Crippen molar-refractivity contribution in [2.45, 2.75) is 48.8 Å². The van der Waals surface area contributed by atoms with Crippen molar-refractivity contribution >= 4 is 11.0 Å². The molecule has 3 aromatic rings. The summed E-state index contributed by atoms with van der Waals surface area (Å²) in [7, 11) is 0. The summed E-state index contributed by atoms with van der Waals surface area (Å²) in [4.78, 5) is 13.3. The number of fused-ring (bicyclic) bond motifs is 1. The summed E-state index contributed by atoms with van der Waals surface area (Å²) < 4.78 is 16.8. The zero-order valence-electron chi connectivity index (χ0n) is 19.6. The zero-order chi connectivity index (χ0) is 27.5. The summed E-state index contributed by atoms with van der Waals surface area (Å²) in [6.07, 6.45) is -13.3. The minimum Gasteiger partial charge on any atom is -0.508 e. The molecule has 2 fully saturated rings. The second-order valence-corrected chi connectivity index (χ2v) is 9.36. The lowest BCUT2D eigenvalue weighted by Crippen LogP contribution is -2.49. The Morgan fingerprint density at radius 3 is 1.76 bits per heavy atom. The van der Waals surface area contributed by atoms with Gasteiger partial charge in [-0.05, 0) is 24.3 Å². The Balaban J connectivity index is 1.80. The van der Waals surface area contributed by atoms with Gasteiger partial charge in [-0.15, -0.1) is 0 Å². The van der Waals surface area contributed by atoms with Crippen LogP contribution in [0.2, 0.25) is 0 Å². The summed E-state index contributed by atoms with van der Waals surface area (Å²) in [6, 6.07) is 6.60. The quantitative estimate of drug-likeness (QED) is 0.194. The predicted octanol–water partition coefficient (Wildman–Crippen LogP) is -1.12. The van der Waals surface area contributed by atoms with E-state index in [1.807, 2.05) is 0 Å². The topological polar surface area (TPSA) is 231 Å². The van der Waals surface area contributed by atoms with Crippen LogP contribution in [0.4, 0.5) is 0 Å². The second kappa shape index (κ2) is 9.80. The van der Waals surface area contributed by atoms with E-state index in [-0.39, 0.29) is 11.5 Å². The summed E-state index contributed by atoms with van der Waals surface area (Å²) in [6.45, 7) is -0.966. The largest absolute Gasteiger partial charge is 0.508 e. The van der Waals surface area contributed by atoms with E-state index in [9.17, 15) is 50.8 Å². The maximum atomic E-state index is 13.3. The van der Waals surface area contributed by atoms with Gasteiger partial charge in [-0.2, -0.15) is 0 Å². The molecular weight excluding hydrogens is 508 g/mol. The van der Waals surface area contributed by atoms with Crippen molar-refractivity contribution in [2.75, 3.05) is 13.2 Å². The number of phenolic OH excluding ortho intramolecular Hbond substituents is 3. The molecule has 2 saturated heterocycles. The molecule has 0 aliphatic carbocycles. The average Bonchev–Trinajstić information content (AvgIpc) is 2.88. The SMILES string of the molecule is O=c1cc(-c2ccc(O)cc2)oc2c([C@@H]3OC[C@H](O)[C@H](O)[C@H]3O)c(O)c([C@H]3OC[C@@H](O)[C@H](O)[C@@H]3O)c(O)c12. The van der Waals surface area contributed by atoms with Crippen molar-refractivity contribution in [3.8, 4) is 28.6 Å². The Labute approximate surface area is 213 Å². The number of benzene rings is 2. The molecule has 0 saturated carbocycles. The molecule has 204 valence electrons. The van der Waals surface area contributed by atoms with E-state index in [0.717, 1.165) is 6.07 Å². The van der Waals surface area contributed by atoms with Crippen molar-refractivity contribution in [2.24, 2.45) is 0 Å². The number of ether oxygens (including phenoxy) is 2. The Kier molecular flexibility index (Phi) is 6.79. The molecule has 2 aliphatic heterocycles. The van der Waals surface area contributed by atoms with E-state index >= 15 is 0 Å². The van der Waals surface area contributed by atoms with Crippen LogP contribution >= 0.6 is 0 Å². The van der Waals surface area contributed by atoms with E-state index in [1.54, 1.807) is 0 Å². The first-order valence-corrected chi connectivity index (χ1v) is 11.7. The molecule has 0 radical (unpaired) electrons. The minimum absolute atomic E-state index is 0.0475. The van der Waals surface area contributed by atoms with Gasteiger partial charge in [0.1, 0.15) is 77.2 Å². The lowest BCUT2D eigenvalue weighted by atomic mass is 9.87. The van der Waals surface area contributed by atoms with Crippen molar-refractivity contribution < 1.29 is 59.8 Å². The van der Waals surface area contributed by atoms with E-state index in [4.69, 9.17) is 13.9 Å². The van der Waals surface area contributed by atoms with E-state index in [2.05, 4.69) is 0 Å². The van der Waals surface area contributed by atoms with Crippen LogP contribution in [-0.4, -0.2) is 95.8 Å². The number of rotatable bonds is 3. The second-order valence-electron chi connectivity index (χ2n) is 9.36. The summed E-state index contributed by atoms with van der Waals surface area (Å²) in [5, 5.41) is 93.1. The molecule has 1 aromatic heterocycles. The van der Waals surface area contributed by atoms with Crippen LogP contribution in [0.5, 0.6) is 17.2 Å². The molecule has 5 rings (SSSR count). The van der Waals surface area contributed by atoms with Gasteiger partial charge in [0.2, 0.25) is 0 Å². The highest BCUT2D eigenvalue weighted by atomic mass is 16.5. The van der Waals surface area contributed by atoms with Gasteiger partial charge in [0.25, 0.3) is 0 Å². The number of aliphatic hydroxyl groups is 6. The average molecular weight is 534 g/mol. The smallest absolute Gasteiger partial charge is 0.197 e. The Morgan fingerprint density at radius 1 is 0.684 bits per heavy atom. The van der Waals surface area contributed by atoms with Crippen molar-refractivity contribution in [1.29, 1.82) is 0 Å². The molecular formula is C25H26O13. The van der Waals surface area contributed by atoms with Gasteiger partial charge in [0, 0.05) is 11.6 Å². The fraction of sp³-hybridized carbons (Fsp3) is 0.400. The minimum atomic E-state index is -1.85. The molecule has 0 bridgehead atoms. The summed E-state index contributed by atoms with van der Waals surface area (Å²) in [5.74, 6) is -1.80. The van der Waals surface area contributed by atoms with Crippen LogP contribution in [0.1, 0.15) is 23.3 Å². The van der Waals surface area contributed by atoms with Crippen LogP contribution in [0.3, 0.4) is 0 Å². The highest BCUT2D eigenvalue weighted by molar-refractivity contribution is 5.91. The molecule has 8 atom stereocenters. The van der Waals surface area contributed by atoms with Crippen molar-refractivity contribution in [1.82, 2.24) is 0 Å². The van der Waals surface area contributed by atoms with Gasteiger partial charge < -0.3 is 59.8 Å². The van der Waals surface area contributed by atoms with Crippen molar-refractivity contribution in [3.63, 3.8) is 0 Å². The van der Waals surface area contributed by atoms with Gasteiger partial charge >= 0.3 is 0 Å². The summed E-state index contributed by atoms with van der Waals surface area (Å²) >= 11 is 0. The standard InChI is InChI=1S/C25H26O13/c26-9-3-1-8(2-4-9)13-5-10(27)14-19(32)15(24-21(34)17(30)11(28)6-36-24)20(33)16(23(14)38-13)25-22(35)18(31)12(29)7-37-25/h1-5,11-12,17-18,21-22,24-26,28-35H,6-7H2/t11-,12+,17+,18+,21+,22-,24-,25+/m1/s1. The van der Waals surface area contributed by atoms with Gasteiger partial charge in [0.05, 0.1) is 24.3 Å². The normalized spacial score (nSPS) is 31.9. The first kappa shape index (κ1) is 26.3. The fourth-order valence-corrected chi connectivity index (χ4v) is 4.83. The zero-order valence-corrected chi connectivity index (χ0v) is 19.6. The molecule has 0 unspecified atom stereocenters. The highest BCUT2D eigenvalue weighted by Gasteiger charge is 2.46. The fourth-order valence-electron chi connectivity index (χ4n) is 4.83. The van der Waals surface area contributed by atoms with Crippen LogP contribution in [-0.2, 0) is 9.47 Å². The number of hydrogen-bond donors (Lipinski definition) is 9. The van der Waals surface area contributed by atoms with Crippen LogP contribution in [0.15, 0.2) is 39.5 Å². The number of hydrogen-bond acceptors (Lipinski definition) is 13. The van der Waals surface area contributed by atoms with E-state index in [1.165, 1.54) is 24.3 Å². The molecule has 0 spiro atoms. The van der Waals surface area contributed by atoms with Crippen LogP contribution in [0, 0.1) is 0 Å². The maximum absolute atomic E-state index is 13.3. The monoisotopic (exact) mass is 534 g/mol. The third kappa shape index (κ3) is 4.19. The van der Waals surface area contributed by atoms with Crippen LogP contribution in [0.25, 0.3) is 22.3 Å². The van der Waals surface area contributed by atoms with Gasteiger partial charge in [-0.3, -0.25) is 4.79 Å². The highest BCUT2D eigenvalue weighted by Crippen LogP contribution is 2.50. The molecule has 2 aromatic carbocycles.